The van der Waals surface area contributed by atoms with Crippen LogP contribution in [0, 0.1) is 23.3 Å². The highest BCUT2D eigenvalue weighted by molar-refractivity contribution is 5.74. The van der Waals surface area contributed by atoms with E-state index >= 15 is 0 Å². The number of hydrogen-bond donors (Lipinski definition) is 2. The minimum atomic E-state index is -5.17. The van der Waals surface area contributed by atoms with Crippen molar-refractivity contribution in [3.63, 3.8) is 0 Å². The van der Waals surface area contributed by atoms with Gasteiger partial charge in [-0.25, -0.2) is 17.6 Å². The van der Waals surface area contributed by atoms with E-state index in [1.165, 1.54) is 5.43 Å². The first kappa shape index (κ1) is 16.9. The Morgan fingerprint density at radius 1 is 0.870 bits per heavy atom. The van der Waals surface area contributed by atoms with Crippen LogP contribution in [0.15, 0.2) is 24.3 Å². The first-order valence-corrected chi connectivity index (χ1v) is 5.85. The summed E-state index contributed by atoms with van der Waals surface area (Å²) in [6.07, 6.45) is -5.17. The van der Waals surface area contributed by atoms with Crippen LogP contribution in [0.5, 0.6) is 5.75 Å². The van der Waals surface area contributed by atoms with Crippen LogP contribution in [0.2, 0.25) is 0 Å². The molecule has 23 heavy (non-hydrogen) atoms. The van der Waals surface area contributed by atoms with Gasteiger partial charge in [-0.1, -0.05) is 18.2 Å². The molecule has 124 valence electrons. The van der Waals surface area contributed by atoms with Crippen molar-refractivity contribution in [1.29, 1.82) is 0 Å². The quantitative estimate of drug-likeness (QED) is 0.383. The molecule has 0 atom stereocenters. The van der Waals surface area contributed by atoms with Crippen LogP contribution >= 0.6 is 0 Å². The second-order valence-corrected chi connectivity index (χ2v) is 4.19. The van der Waals surface area contributed by atoms with Gasteiger partial charge in [0.05, 0.1) is 5.56 Å². The lowest BCUT2D eigenvalue weighted by molar-refractivity contribution is -0.274. The molecule has 0 fully saturated rings. The molecule has 2 aromatic carbocycles. The van der Waals surface area contributed by atoms with Crippen molar-refractivity contribution in [3.8, 4) is 16.9 Å². The van der Waals surface area contributed by atoms with E-state index in [0.717, 1.165) is 24.3 Å². The summed E-state index contributed by atoms with van der Waals surface area (Å²) in [4.78, 5) is 0. The predicted molar refractivity (Wildman–Crippen MR) is 66.2 cm³/mol. The molecule has 0 amide bonds. The Morgan fingerprint density at radius 3 is 1.87 bits per heavy atom. The smallest absolute Gasteiger partial charge is 0.405 e. The van der Waals surface area contributed by atoms with E-state index in [2.05, 4.69) is 4.74 Å². The van der Waals surface area contributed by atoms with E-state index in [1.807, 2.05) is 0 Å². The van der Waals surface area contributed by atoms with Crippen LogP contribution in [0.25, 0.3) is 11.1 Å². The number of hydrogen-bond acceptors (Lipinski definition) is 3. The molecule has 10 heteroatoms. The number of halogens is 7. The Bertz CT molecular complexity index is 717. The van der Waals surface area contributed by atoms with Crippen LogP contribution < -0.4 is 16.0 Å². The summed E-state index contributed by atoms with van der Waals surface area (Å²) >= 11 is 0. The van der Waals surface area contributed by atoms with Gasteiger partial charge in [0.25, 0.3) is 0 Å². The number of anilines is 1. The van der Waals surface area contributed by atoms with Gasteiger partial charge in [-0.3, -0.25) is 5.84 Å². The molecule has 3 nitrogen and oxygen atoms in total. The van der Waals surface area contributed by atoms with E-state index in [0.29, 0.717) is 0 Å². The summed E-state index contributed by atoms with van der Waals surface area (Å²) in [6.45, 7) is 0. The highest BCUT2D eigenvalue weighted by atomic mass is 19.4. The summed E-state index contributed by atoms with van der Waals surface area (Å²) in [5, 5.41) is 0. The van der Waals surface area contributed by atoms with Crippen LogP contribution in [0.3, 0.4) is 0 Å². The maximum atomic E-state index is 14.0. The van der Waals surface area contributed by atoms with Crippen molar-refractivity contribution in [1.82, 2.24) is 0 Å². The number of nitrogens with two attached hydrogens (primary N) is 1. The molecule has 0 aliphatic rings. The second kappa shape index (κ2) is 5.95. The Morgan fingerprint density at radius 2 is 1.39 bits per heavy atom. The lowest BCUT2D eigenvalue weighted by Crippen LogP contribution is -2.18. The molecule has 2 aromatic rings. The van der Waals surface area contributed by atoms with E-state index in [-0.39, 0.29) is 0 Å². The SMILES string of the molecule is NNc1c(F)c(F)c(-c2ccccc2OC(F)(F)F)c(F)c1F. The van der Waals surface area contributed by atoms with Gasteiger partial charge in [0.2, 0.25) is 0 Å². The lowest BCUT2D eigenvalue weighted by Gasteiger charge is -2.16. The highest BCUT2D eigenvalue weighted by Gasteiger charge is 2.34. The summed E-state index contributed by atoms with van der Waals surface area (Å²) in [6, 6.07) is 3.76. The zero-order valence-electron chi connectivity index (χ0n) is 10.9. The van der Waals surface area contributed by atoms with Gasteiger partial charge in [0, 0.05) is 5.56 Å². The Hall–Kier alpha value is -2.49. The van der Waals surface area contributed by atoms with Crippen molar-refractivity contribution in [3.05, 3.63) is 47.5 Å². The van der Waals surface area contributed by atoms with Gasteiger partial charge in [0.1, 0.15) is 11.4 Å². The van der Waals surface area contributed by atoms with E-state index < -0.39 is 52.2 Å². The molecule has 0 saturated carbocycles. The Balaban J connectivity index is 2.74. The molecule has 0 aliphatic heterocycles. The third kappa shape index (κ3) is 3.16. The van der Waals surface area contributed by atoms with Gasteiger partial charge in [-0.15, -0.1) is 13.2 Å². The summed E-state index contributed by atoms with van der Waals surface area (Å²) in [7, 11) is 0. The van der Waals surface area contributed by atoms with Crippen molar-refractivity contribution < 1.29 is 35.5 Å². The normalized spacial score (nSPS) is 11.5. The summed E-state index contributed by atoms with van der Waals surface area (Å²) in [5.74, 6) is -3.88. The Kier molecular flexibility index (Phi) is 4.37. The number of nitrogens with one attached hydrogen (secondary N) is 1. The highest BCUT2D eigenvalue weighted by Crippen LogP contribution is 2.39. The molecule has 0 saturated heterocycles. The number of alkyl halides is 3. The van der Waals surface area contributed by atoms with Gasteiger partial charge >= 0.3 is 6.36 Å². The summed E-state index contributed by atoms with van der Waals surface area (Å²) in [5.41, 5.74) is -2.02. The molecule has 2 rings (SSSR count). The fraction of sp³-hybridized carbons (Fsp3) is 0.0769. The predicted octanol–water partition coefficient (Wildman–Crippen LogP) is 4.09. The number of para-hydroxylation sites is 1. The monoisotopic (exact) mass is 340 g/mol. The van der Waals surface area contributed by atoms with Crippen LogP contribution in [0.4, 0.5) is 36.4 Å². The zero-order valence-corrected chi connectivity index (χ0v) is 10.9. The number of hydrazine groups is 1. The minimum absolute atomic E-state index is 0.743. The third-order valence-electron chi connectivity index (χ3n) is 2.79. The largest absolute Gasteiger partial charge is 0.573 e. The number of benzene rings is 2. The van der Waals surface area contributed by atoms with Crippen molar-refractivity contribution >= 4 is 5.69 Å². The van der Waals surface area contributed by atoms with Gasteiger partial charge in [-0.2, -0.15) is 0 Å². The molecule has 0 aromatic heterocycles. The van der Waals surface area contributed by atoms with Crippen molar-refractivity contribution in [2.45, 2.75) is 6.36 Å². The zero-order chi connectivity index (χ0) is 17.4. The van der Waals surface area contributed by atoms with Crippen molar-refractivity contribution in [2.24, 2.45) is 5.84 Å². The first-order chi connectivity index (χ1) is 10.7. The molecule has 0 bridgehead atoms. The van der Waals surface area contributed by atoms with Gasteiger partial charge in [0.15, 0.2) is 23.3 Å². The second-order valence-electron chi connectivity index (χ2n) is 4.19. The van der Waals surface area contributed by atoms with Crippen LogP contribution in [-0.4, -0.2) is 6.36 Å². The molecule has 0 heterocycles. The molecule has 0 spiro atoms. The molecule has 3 N–H and O–H groups in total. The molecular formula is C13H7F7N2O. The van der Waals surface area contributed by atoms with Gasteiger partial charge in [-0.05, 0) is 6.07 Å². The molecule has 0 unspecified atom stereocenters. The third-order valence-corrected chi connectivity index (χ3v) is 2.79. The van der Waals surface area contributed by atoms with E-state index in [1.54, 1.807) is 0 Å². The molecule has 0 aliphatic carbocycles. The lowest BCUT2D eigenvalue weighted by atomic mass is 10.0. The fourth-order valence-corrected chi connectivity index (χ4v) is 1.88. The fourth-order valence-electron chi connectivity index (χ4n) is 1.88. The topological polar surface area (TPSA) is 47.3 Å². The maximum Gasteiger partial charge on any atom is 0.573 e. The minimum Gasteiger partial charge on any atom is -0.405 e. The van der Waals surface area contributed by atoms with Crippen LogP contribution in [0.1, 0.15) is 0 Å². The summed E-state index contributed by atoms with van der Waals surface area (Å²) < 4.78 is 95.9. The van der Waals surface area contributed by atoms with Gasteiger partial charge < -0.3 is 10.2 Å². The van der Waals surface area contributed by atoms with E-state index in [9.17, 15) is 30.7 Å². The van der Waals surface area contributed by atoms with E-state index in [4.69, 9.17) is 5.84 Å². The molecular weight excluding hydrogens is 333 g/mol. The number of rotatable bonds is 3. The average molecular weight is 340 g/mol. The number of ether oxygens (including phenoxy) is 1. The Labute approximate surface area is 124 Å². The first-order valence-electron chi connectivity index (χ1n) is 5.85. The van der Waals surface area contributed by atoms with Crippen LogP contribution in [-0.2, 0) is 0 Å². The molecule has 0 radical (unpaired) electrons. The van der Waals surface area contributed by atoms with Crippen molar-refractivity contribution in [2.75, 3.05) is 5.43 Å². The standard InChI is InChI=1S/C13H7F7N2O/c14-8-7(9(15)11(17)12(22-21)10(8)16)5-3-1-2-4-6(5)23-13(18,19)20/h1-4,22H,21H2. The average Bonchev–Trinajstić information content (AvgIpc) is 2.46. The maximum absolute atomic E-state index is 14.0. The number of nitrogen functional groups attached to an aromatic ring is 1.